The molecule has 0 saturated heterocycles. The molecule has 0 aromatic heterocycles. The Morgan fingerprint density at radius 1 is 1.14 bits per heavy atom. The van der Waals surface area contributed by atoms with Crippen LogP contribution in [0.4, 0.5) is 13.2 Å². The Balaban J connectivity index is 1.51. The van der Waals surface area contributed by atoms with Crippen LogP contribution >= 0.6 is 0 Å². The number of hydrogen-bond acceptors (Lipinski definition) is 3. The molecular weight excluding hydrogens is 373 g/mol. The van der Waals surface area contributed by atoms with E-state index < -0.39 is 11.7 Å². The van der Waals surface area contributed by atoms with Gasteiger partial charge in [-0.15, -0.1) is 0 Å². The predicted octanol–water partition coefficient (Wildman–Crippen LogP) is 2.33. The van der Waals surface area contributed by atoms with E-state index in [0.717, 1.165) is 28.2 Å². The second-order valence-electron chi connectivity index (χ2n) is 6.91. The fraction of sp³-hybridized carbons (Fsp3) is 0.350. The molecule has 3 rings (SSSR count). The van der Waals surface area contributed by atoms with Gasteiger partial charge in [0, 0.05) is 5.56 Å². The molecule has 0 aliphatic carbocycles. The van der Waals surface area contributed by atoms with E-state index in [0.29, 0.717) is 18.0 Å². The number of nitrogens with one attached hydrogen (secondary N) is 2. The van der Waals surface area contributed by atoms with Crippen LogP contribution in [0.1, 0.15) is 29.7 Å². The van der Waals surface area contributed by atoms with Crippen LogP contribution in [-0.2, 0) is 17.5 Å². The van der Waals surface area contributed by atoms with Gasteiger partial charge in [-0.3, -0.25) is 4.79 Å². The number of fused-ring (bicyclic) bond motifs is 1. The lowest BCUT2D eigenvalue weighted by Gasteiger charge is -2.18. The molecule has 150 valence electrons. The lowest BCUT2D eigenvalue weighted by Crippen LogP contribution is -3.08. The van der Waals surface area contributed by atoms with Crippen molar-refractivity contribution in [1.29, 1.82) is 0 Å². The summed E-state index contributed by atoms with van der Waals surface area (Å²) in [7, 11) is 1.82. The van der Waals surface area contributed by atoms with Gasteiger partial charge in [-0.25, -0.2) is 0 Å². The highest BCUT2D eigenvalue weighted by Gasteiger charge is 2.30. The van der Waals surface area contributed by atoms with Gasteiger partial charge in [0.1, 0.15) is 6.54 Å². The van der Waals surface area contributed by atoms with E-state index in [4.69, 9.17) is 9.47 Å². The van der Waals surface area contributed by atoms with Crippen LogP contribution in [0.15, 0.2) is 42.5 Å². The molecular formula is C20H22F3N2O3+. The molecule has 1 heterocycles. The Bertz CT molecular complexity index is 838. The van der Waals surface area contributed by atoms with Crippen LogP contribution < -0.4 is 19.7 Å². The first-order valence-electron chi connectivity index (χ1n) is 8.88. The molecule has 0 bridgehead atoms. The molecule has 2 aromatic carbocycles. The molecule has 5 nitrogen and oxygen atoms in total. The second kappa shape index (κ2) is 8.10. The number of ether oxygens (including phenoxy) is 2. The first-order chi connectivity index (χ1) is 13.2. The van der Waals surface area contributed by atoms with Crippen LogP contribution in [-0.4, -0.2) is 26.3 Å². The topological polar surface area (TPSA) is 52.0 Å². The highest BCUT2D eigenvalue weighted by molar-refractivity contribution is 5.77. The SMILES string of the molecule is C[C@H](NC(=O)C[NH+](C)Cc1ccc(C(F)(F)F)cc1)c1ccc2c(c1)OCO2. The number of carbonyl (C=O) groups is 1. The number of rotatable bonds is 6. The minimum atomic E-state index is -4.35. The van der Waals surface area contributed by atoms with E-state index in [1.165, 1.54) is 12.1 Å². The van der Waals surface area contributed by atoms with Gasteiger partial charge in [0.2, 0.25) is 6.79 Å². The van der Waals surface area contributed by atoms with Gasteiger partial charge in [-0.05, 0) is 36.8 Å². The van der Waals surface area contributed by atoms with E-state index in [1.807, 2.05) is 32.2 Å². The summed E-state index contributed by atoms with van der Waals surface area (Å²) in [5.74, 6) is 1.20. The summed E-state index contributed by atoms with van der Waals surface area (Å²) in [6, 6.07) is 10.3. The summed E-state index contributed by atoms with van der Waals surface area (Å²) in [5.41, 5.74) is 0.962. The first kappa shape index (κ1) is 20.0. The molecule has 0 saturated carbocycles. The largest absolute Gasteiger partial charge is 0.454 e. The summed E-state index contributed by atoms with van der Waals surface area (Å²) in [6.45, 7) is 2.72. The lowest BCUT2D eigenvalue weighted by molar-refractivity contribution is -0.885. The molecule has 0 radical (unpaired) electrons. The molecule has 1 aliphatic heterocycles. The summed E-state index contributed by atoms with van der Waals surface area (Å²) in [4.78, 5) is 13.2. The summed E-state index contributed by atoms with van der Waals surface area (Å²) >= 11 is 0. The average Bonchev–Trinajstić information content (AvgIpc) is 3.08. The number of halogens is 3. The van der Waals surface area contributed by atoms with Crippen molar-refractivity contribution in [3.63, 3.8) is 0 Å². The number of hydrogen-bond donors (Lipinski definition) is 2. The summed E-state index contributed by atoms with van der Waals surface area (Å²) in [5, 5.41) is 2.93. The van der Waals surface area contributed by atoms with E-state index in [9.17, 15) is 18.0 Å². The molecule has 2 atom stereocenters. The maximum Gasteiger partial charge on any atom is 0.416 e. The van der Waals surface area contributed by atoms with E-state index in [2.05, 4.69) is 5.32 Å². The van der Waals surface area contributed by atoms with Gasteiger partial charge in [-0.2, -0.15) is 13.2 Å². The molecule has 0 fully saturated rings. The highest BCUT2D eigenvalue weighted by atomic mass is 19.4. The number of amides is 1. The molecule has 8 heteroatoms. The molecule has 1 unspecified atom stereocenters. The number of likely N-dealkylation sites (N-methyl/N-ethyl adjacent to an activating group) is 1. The van der Waals surface area contributed by atoms with Crippen molar-refractivity contribution in [3.8, 4) is 11.5 Å². The number of quaternary nitrogens is 1. The zero-order chi connectivity index (χ0) is 20.3. The minimum Gasteiger partial charge on any atom is -0.454 e. The molecule has 2 N–H and O–H groups in total. The average molecular weight is 395 g/mol. The van der Waals surface area contributed by atoms with Gasteiger partial charge in [0.25, 0.3) is 5.91 Å². The second-order valence-corrected chi connectivity index (χ2v) is 6.91. The van der Waals surface area contributed by atoms with Gasteiger partial charge in [0.05, 0.1) is 18.7 Å². The van der Waals surface area contributed by atoms with Crippen molar-refractivity contribution >= 4 is 5.91 Å². The Hall–Kier alpha value is -2.74. The fourth-order valence-electron chi connectivity index (χ4n) is 3.05. The Labute approximate surface area is 161 Å². The Morgan fingerprint density at radius 3 is 2.50 bits per heavy atom. The van der Waals surface area contributed by atoms with Gasteiger partial charge in [0.15, 0.2) is 18.0 Å². The molecule has 1 aliphatic rings. The van der Waals surface area contributed by atoms with Crippen LogP contribution in [0.5, 0.6) is 11.5 Å². The van der Waals surface area contributed by atoms with Crippen LogP contribution in [0.2, 0.25) is 0 Å². The van der Waals surface area contributed by atoms with Crippen molar-refractivity contribution in [2.75, 3.05) is 20.4 Å². The van der Waals surface area contributed by atoms with Gasteiger partial charge in [-0.1, -0.05) is 18.2 Å². The monoisotopic (exact) mass is 395 g/mol. The van der Waals surface area contributed by atoms with Crippen LogP contribution in [0.3, 0.4) is 0 Å². The standard InChI is InChI=1S/C20H21F3N2O3/c1-13(15-5-8-17-18(9-15)28-12-27-17)24-19(26)11-25(2)10-14-3-6-16(7-4-14)20(21,22)23/h3-9,13H,10-12H2,1-2H3,(H,24,26)/p+1/t13-/m0/s1. The summed E-state index contributed by atoms with van der Waals surface area (Å²) < 4.78 is 48.5. The molecule has 28 heavy (non-hydrogen) atoms. The van der Waals surface area contributed by atoms with Crippen molar-refractivity contribution < 1.29 is 32.3 Å². The third kappa shape index (κ3) is 4.95. The maximum absolute atomic E-state index is 12.6. The quantitative estimate of drug-likeness (QED) is 0.790. The van der Waals surface area contributed by atoms with Crippen molar-refractivity contribution in [3.05, 3.63) is 59.2 Å². The van der Waals surface area contributed by atoms with Gasteiger partial charge >= 0.3 is 6.18 Å². The molecule has 1 amide bonds. The Kier molecular flexibility index (Phi) is 5.79. The minimum absolute atomic E-state index is 0.144. The molecule has 2 aromatic rings. The lowest BCUT2D eigenvalue weighted by atomic mass is 10.1. The number of carbonyl (C=O) groups excluding carboxylic acids is 1. The third-order valence-corrected chi connectivity index (χ3v) is 4.52. The van der Waals surface area contributed by atoms with E-state index in [1.54, 1.807) is 0 Å². The molecule has 0 spiro atoms. The first-order valence-corrected chi connectivity index (χ1v) is 8.88. The number of benzene rings is 2. The highest BCUT2D eigenvalue weighted by Crippen LogP contribution is 2.34. The van der Waals surface area contributed by atoms with E-state index in [-0.39, 0.29) is 25.3 Å². The van der Waals surface area contributed by atoms with Crippen LogP contribution in [0, 0.1) is 0 Å². The Morgan fingerprint density at radius 2 is 1.82 bits per heavy atom. The predicted molar refractivity (Wildman–Crippen MR) is 96.0 cm³/mol. The van der Waals surface area contributed by atoms with Crippen LogP contribution in [0.25, 0.3) is 0 Å². The number of alkyl halides is 3. The van der Waals surface area contributed by atoms with E-state index >= 15 is 0 Å². The maximum atomic E-state index is 12.6. The normalized spacial score (nSPS) is 15.2. The zero-order valence-corrected chi connectivity index (χ0v) is 15.6. The smallest absolute Gasteiger partial charge is 0.416 e. The van der Waals surface area contributed by atoms with Crippen molar-refractivity contribution in [2.24, 2.45) is 0 Å². The van der Waals surface area contributed by atoms with Gasteiger partial charge < -0.3 is 19.7 Å². The summed E-state index contributed by atoms with van der Waals surface area (Å²) in [6.07, 6.45) is -4.35. The fourth-order valence-corrected chi connectivity index (χ4v) is 3.05. The zero-order valence-electron chi connectivity index (χ0n) is 15.6. The third-order valence-electron chi connectivity index (χ3n) is 4.52. The van der Waals surface area contributed by atoms with Crippen molar-refractivity contribution in [1.82, 2.24) is 5.32 Å². The van der Waals surface area contributed by atoms with Crippen molar-refractivity contribution in [2.45, 2.75) is 25.7 Å².